The number of hydrogen-bond acceptors (Lipinski definition) is 7. The molecular formula is C35H43N5O4. The molecule has 3 saturated heterocycles. The molecular weight excluding hydrogens is 554 g/mol. The third-order valence-electron chi connectivity index (χ3n) is 9.67. The van der Waals surface area contributed by atoms with Crippen LogP contribution in [0, 0.1) is 13.8 Å². The van der Waals surface area contributed by atoms with Gasteiger partial charge in [0.15, 0.2) is 0 Å². The Labute approximate surface area is 259 Å². The van der Waals surface area contributed by atoms with Gasteiger partial charge in [-0.3, -0.25) is 9.69 Å². The van der Waals surface area contributed by atoms with Gasteiger partial charge in [0.25, 0.3) is 5.91 Å². The highest BCUT2D eigenvalue weighted by atomic mass is 16.5. The van der Waals surface area contributed by atoms with E-state index >= 15 is 0 Å². The van der Waals surface area contributed by atoms with E-state index in [4.69, 9.17) is 4.74 Å². The molecule has 6 rings (SSSR count). The van der Waals surface area contributed by atoms with E-state index in [1.807, 2.05) is 30.0 Å². The van der Waals surface area contributed by atoms with Crippen LogP contribution in [0.2, 0.25) is 0 Å². The molecule has 9 nitrogen and oxygen atoms in total. The van der Waals surface area contributed by atoms with E-state index in [2.05, 4.69) is 51.4 Å². The number of benzene rings is 2. The number of carbonyl (C=O) groups is 2. The maximum absolute atomic E-state index is 13.6. The van der Waals surface area contributed by atoms with Gasteiger partial charge in [-0.1, -0.05) is 42.0 Å². The molecule has 1 amide bonds. The van der Waals surface area contributed by atoms with Crippen molar-refractivity contribution in [2.24, 2.45) is 0 Å². The lowest BCUT2D eigenvalue weighted by Crippen LogP contribution is -2.46. The van der Waals surface area contributed by atoms with Crippen molar-refractivity contribution in [2.45, 2.75) is 76.5 Å². The molecule has 3 atom stereocenters. The highest BCUT2D eigenvalue weighted by molar-refractivity contribution is 5.94. The predicted molar refractivity (Wildman–Crippen MR) is 169 cm³/mol. The van der Waals surface area contributed by atoms with Gasteiger partial charge >= 0.3 is 5.97 Å². The van der Waals surface area contributed by atoms with Gasteiger partial charge in [-0.05, 0) is 88.1 Å². The number of carbonyl (C=O) groups excluding carboxylic acids is 1. The van der Waals surface area contributed by atoms with Crippen LogP contribution in [0.15, 0.2) is 54.9 Å². The normalized spacial score (nSPS) is 23.0. The maximum atomic E-state index is 13.6. The number of aromatic nitrogens is 2. The largest absolute Gasteiger partial charge is 0.478 e. The Hall–Kier alpha value is -3.82. The Bertz CT molecular complexity index is 1470. The fourth-order valence-electron chi connectivity index (χ4n) is 7.03. The summed E-state index contributed by atoms with van der Waals surface area (Å²) in [7, 11) is 0. The maximum Gasteiger partial charge on any atom is 0.335 e. The van der Waals surface area contributed by atoms with Gasteiger partial charge in [-0.15, -0.1) is 0 Å². The van der Waals surface area contributed by atoms with E-state index < -0.39 is 5.97 Å². The Balaban J connectivity index is 1.01. The van der Waals surface area contributed by atoms with Crippen molar-refractivity contribution in [2.75, 3.05) is 38.0 Å². The summed E-state index contributed by atoms with van der Waals surface area (Å²) in [5.74, 6) is 0.112. The smallest absolute Gasteiger partial charge is 0.335 e. The highest BCUT2D eigenvalue weighted by Crippen LogP contribution is 2.33. The molecule has 44 heavy (non-hydrogen) atoms. The summed E-state index contributed by atoms with van der Waals surface area (Å²) in [6, 6.07) is 16.4. The van der Waals surface area contributed by atoms with Crippen LogP contribution in [-0.2, 0) is 4.74 Å². The summed E-state index contributed by atoms with van der Waals surface area (Å²) in [4.78, 5) is 38.3. The number of amides is 1. The highest BCUT2D eigenvalue weighted by Gasteiger charge is 2.33. The number of likely N-dealkylation sites (tertiary alicyclic amines) is 2. The van der Waals surface area contributed by atoms with E-state index in [0.29, 0.717) is 48.7 Å². The molecule has 3 aromatic rings. The van der Waals surface area contributed by atoms with Gasteiger partial charge in [0, 0.05) is 37.8 Å². The Morgan fingerprint density at radius 2 is 1.75 bits per heavy atom. The minimum atomic E-state index is -0.883. The van der Waals surface area contributed by atoms with Crippen LogP contribution in [0.5, 0.6) is 0 Å². The van der Waals surface area contributed by atoms with Crippen LogP contribution in [0.4, 0.5) is 5.82 Å². The zero-order chi connectivity index (χ0) is 30.6. The van der Waals surface area contributed by atoms with E-state index in [1.54, 1.807) is 6.07 Å². The first-order valence-corrected chi connectivity index (χ1v) is 16.0. The lowest BCUT2D eigenvalue weighted by molar-refractivity contribution is -0.0442. The molecule has 0 aliphatic carbocycles. The molecule has 0 saturated carbocycles. The third-order valence-corrected chi connectivity index (χ3v) is 9.67. The Kier molecular flexibility index (Phi) is 9.23. The second kappa shape index (κ2) is 13.4. The molecule has 0 spiro atoms. The summed E-state index contributed by atoms with van der Waals surface area (Å²) < 4.78 is 6.44. The first-order chi connectivity index (χ1) is 21.4. The summed E-state index contributed by atoms with van der Waals surface area (Å²) in [5, 5.41) is 12.8. The summed E-state index contributed by atoms with van der Waals surface area (Å²) in [6.45, 7) is 7.97. The molecule has 1 aromatic heterocycles. The van der Waals surface area contributed by atoms with Crippen LogP contribution in [0.3, 0.4) is 0 Å². The first kappa shape index (κ1) is 30.2. The summed E-state index contributed by atoms with van der Waals surface area (Å²) in [6.07, 6.45) is 7.67. The van der Waals surface area contributed by atoms with Crippen molar-refractivity contribution in [3.63, 3.8) is 0 Å². The number of carboxylic acids is 1. The molecule has 3 aliphatic rings. The van der Waals surface area contributed by atoms with Crippen LogP contribution in [-0.4, -0.2) is 81.6 Å². The number of aromatic carboxylic acids is 1. The van der Waals surface area contributed by atoms with Crippen molar-refractivity contribution in [1.29, 1.82) is 0 Å². The van der Waals surface area contributed by atoms with E-state index in [0.717, 1.165) is 62.7 Å². The van der Waals surface area contributed by atoms with E-state index in [9.17, 15) is 14.7 Å². The SMILES string of the molecule is Cc1ccc(C2CCCC(CNc3ncnc(C(=O)N4CCC(N5CCC(c6cccc(C(=O)O)c6)C5)CC4)c3C)O2)cc1. The lowest BCUT2D eigenvalue weighted by atomic mass is 9.96. The molecule has 232 valence electrons. The quantitative estimate of drug-likeness (QED) is 0.345. The number of anilines is 1. The summed E-state index contributed by atoms with van der Waals surface area (Å²) >= 11 is 0. The zero-order valence-corrected chi connectivity index (χ0v) is 25.7. The van der Waals surface area contributed by atoms with Crippen molar-refractivity contribution in [3.05, 3.63) is 88.4 Å². The van der Waals surface area contributed by atoms with E-state index in [-0.39, 0.29) is 18.1 Å². The van der Waals surface area contributed by atoms with Gasteiger partial charge in [0.1, 0.15) is 17.8 Å². The predicted octanol–water partition coefficient (Wildman–Crippen LogP) is 5.61. The van der Waals surface area contributed by atoms with E-state index in [1.165, 1.54) is 17.5 Å². The first-order valence-electron chi connectivity index (χ1n) is 16.0. The van der Waals surface area contributed by atoms with Gasteiger partial charge in [0.2, 0.25) is 0 Å². The second-order valence-electron chi connectivity index (χ2n) is 12.6. The molecule has 9 heteroatoms. The Morgan fingerprint density at radius 1 is 0.955 bits per heavy atom. The van der Waals surface area contributed by atoms with Crippen LogP contribution in [0.25, 0.3) is 0 Å². The fraction of sp³-hybridized carbons (Fsp3) is 0.486. The number of ether oxygens (including phenoxy) is 1. The molecule has 3 unspecified atom stereocenters. The molecule has 4 heterocycles. The fourth-order valence-corrected chi connectivity index (χ4v) is 7.03. The number of piperidine rings is 1. The number of aryl methyl sites for hydroxylation is 1. The average Bonchev–Trinajstić information content (AvgIpc) is 3.55. The van der Waals surface area contributed by atoms with Gasteiger partial charge in [0.05, 0.1) is 17.8 Å². The van der Waals surface area contributed by atoms with Crippen LogP contribution < -0.4 is 5.32 Å². The Morgan fingerprint density at radius 3 is 2.52 bits per heavy atom. The van der Waals surface area contributed by atoms with Crippen LogP contribution >= 0.6 is 0 Å². The number of rotatable bonds is 8. The summed E-state index contributed by atoms with van der Waals surface area (Å²) in [5.41, 5.74) is 5.16. The van der Waals surface area contributed by atoms with Gasteiger partial charge in [-0.25, -0.2) is 14.8 Å². The van der Waals surface area contributed by atoms with Crippen LogP contribution in [0.1, 0.15) is 93.6 Å². The molecule has 2 N–H and O–H groups in total. The second-order valence-corrected chi connectivity index (χ2v) is 12.6. The minimum Gasteiger partial charge on any atom is -0.478 e. The average molecular weight is 598 g/mol. The number of nitrogens with zero attached hydrogens (tertiary/aromatic N) is 4. The lowest BCUT2D eigenvalue weighted by Gasteiger charge is -2.37. The molecule has 0 bridgehead atoms. The van der Waals surface area contributed by atoms with Crippen molar-refractivity contribution >= 4 is 17.7 Å². The topological polar surface area (TPSA) is 108 Å². The standard InChI is InChI=1S/C35H43N5O4/c1-23-9-11-25(12-10-23)31-8-4-7-30(44-31)20-36-33-24(2)32(37-22-38-33)34(41)39-17-14-29(15-18-39)40-16-13-28(21-40)26-5-3-6-27(19-26)35(42)43/h3,5-6,9-12,19,22,28-31H,4,7-8,13-18,20-21H2,1-2H3,(H,42,43)(H,36,37,38). The van der Waals surface area contributed by atoms with Gasteiger partial charge < -0.3 is 20.1 Å². The molecule has 2 aromatic carbocycles. The molecule has 0 radical (unpaired) electrons. The van der Waals surface area contributed by atoms with Crippen molar-refractivity contribution in [1.82, 2.24) is 19.8 Å². The minimum absolute atomic E-state index is 0.0375. The van der Waals surface area contributed by atoms with Crippen molar-refractivity contribution in [3.8, 4) is 0 Å². The monoisotopic (exact) mass is 597 g/mol. The number of hydrogen-bond donors (Lipinski definition) is 2. The number of carboxylic acid groups (broad SMARTS) is 1. The zero-order valence-electron chi connectivity index (χ0n) is 25.7. The number of nitrogens with one attached hydrogen (secondary N) is 1. The van der Waals surface area contributed by atoms with Crippen molar-refractivity contribution < 1.29 is 19.4 Å². The third kappa shape index (κ3) is 6.79. The molecule has 3 fully saturated rings. The van der Waals surface area contributed by atoms with Gasteiger partial charge in [-0.2, -0.15) is 0 Å². The molecule has 3 aliphatic heterocycles.